The highest BCUT2D eigenvalue weighted by Crippen LogP contribution is 2.20. The third-order valence-electron chi connectivity index (χ3n) is 4.12. The first-order valence-corrected chi connectivity index (χ1v) is 8.71. The van der Waals surface area contributed by atoms with E-state index in [1.165, 1.54) is 0 Å². The van der Waals surface area contributed by atoms with Crippen LogP contribution < -0.4 is 10.6 Å². The molecule has 1 saturated heterocycles. The number of likely N-dealkylation sites (tertiary alicyclic amines) is 1. The molecule has 0 spiro atoms. The van der Waals surface area contributed by atoms with E-state index in [0.29, 0.717) is 17.3 Å². The highest BCUT2D eigenvalue weighted by Gasteiger charge is 2.27. The van der Waals surface area contributed by atoms with Crippen molar-refractivity contribution in [3.8, 4) is 0 Å². The summed E-state index contributed by atoms with van der Waals surface area (Å²) >= 11 is 6.05. The zero-order chi connectivity index (χ0) is 17.7. The van der Waals surface area contributed by atoms with Gasteiger partial charge in [-0.3, -0.25) is 14.5 Å². The van der Waals surface area contributed by atoms with Crippen molar-refractivity contribution < 1.29 is 9.59 Å². The molecule has 1 heterocycles. The topological polar surface area (TPSA) is 61.4 Å². The molecule has 0 bridgehead atoms. The third kappa shape index (κ3) is 5.49. The molecular formula is C18H26ClN3O2. The number of hydrogen-bond acceptors (Lipinski definition) is 3. The number of carbonyl (C=O) groups excluding carboxylic acids is 2. The van der Waals surface area contributed by atoms with Gasteiger partial charge in [0.15, 0.2) is 0 Å². The zero-order valence-electron chi connectivity index (χ0n) is 14.6. The Labute approximate surface area is 148 Å². The molecule has 24 heavy (non-hydrogen) atoms. The first-order valence-electron chi connectivity index (χ1n) is 8.33. The molecule has 0 aliphatic carbocycles. The summed E-state index contributed by atoms with van der Waals surface area (Å²) in [6.07, 6.45) is 1.72. The van der Waals surface area contributed by atoms with E-state index in [2.05, 4.69) is 15.5 Å². The van der Waals surface area contributed by atoms with Crippen LogP contribution in [-0.2, 0) is 9.59 Å². The number of rotatable bonds is 4. The fraction of sp³-hybridized carbons (Fsp3) is 0.556. The van der Waals surface area contributed by atoms with E-state index in [9.17, 15) is 9.59 Å². The van der Waals surface area contributed by atoms with Gasteiger partial charge in [0.1, 0.15) is 0 Å². The SMILES string of the molecule is CC(C)(C)C(=O)NC1CCN(CC(=O)Nc2ccccc2Cl)CC1. The second-order valence-corrected chi connectivity index (χ2v) is 7.71. The summed E-state index contributed by atoms with van der Waals surface area (Å²) in [4.78, 5) is 26.3. The Balaban J connectivity index is 1.76. The van der Waals surface area contributed by atoms with Crippen LogP contribution in [0.3, 0.4) is 0 Å². The van der Waals surface area contributed by atoms with Crippen LogP contribution in [0, 0.1) is 5.41 Å². The molecular weight excluding hydrogens is 326 g/mol. The molecule has 0 aromatic heterocycles. The quantitative estimate of drug-likeness (QED) is 0.876. The molecule has 1 aromatic rings. The average molecular weight is 352 g/mol. The van der Waals surface area contributed by atoms with Crippen molar-refractivity contribution >= 4 is 29.1 Å². The van der Waals surface area contributed by atoms with Crippen molar-refractivity contribution in [3.63, 3.8) is 0 Å². The fourth-order valence-corrected chi connectivity index (χ4v) is 2.78. The molecule has 1 aliphatic rings. The van der Waals surface area contributed by atoms with Gasteiger partial charge < -0.3 is 10.6 Å². The average Bonchev–Trinajstić information content (AvgIpc) is 2.50. The highest BCUT2D eigenvalue weighted by molar-refractivity contribution is 6.33. The number of benzene rings is 1. The molecule has 1 fully saturated rings. The number of halogens is 1. The van der Waals surface area contributed by atoms with Gasteiger partial charge in [-0.15, -0.1) is 0 Å². The predicted molar refractivity (Wildman–Crippen MR) is 97.1 cm³/mol. The van der Waals surface area contributed by atoms with E-state index in [-0.39, 0.29) is 23.3 Å². The molecule has 2 amide bonds. The Kier molecular flexibility index (Phi) is 6.24. The number of piperidine rings is 1. The van der Waals surface area contributed by atoms with E-state index in [0.717, 1.165) is 25.9 Å². The summed E-state index contributed by atoms with van der Waals surface area (Å²) in [5.41, 5.74) is 0.267. The lowest BCUT2D eigenvalue weighted by Gasteiger charge is -2.33. The minimum Gasteiger partial charge on any atom is -0.353 e. The Morgan fingerprint density at radius 3 is 2.42 bits per heavy atom. The number of anilines is 1. The van der Waals surface area contributed by atoms with Crippen molar-refractivity contribution in [2.45, 2.75) is 39.7 Å². The summed E-state index contributed by atoms with van der Waals surface area (Å²) in [5.74, 6) is 0.0117. The maximum Gasteiger partial charge on any atom is 0.238 e. The van der Waals surface area contributed by atoms with Gasteiger partial charge >= 0.3 is 0 Å². The van der Waals surface area contributed by atoms with Crippen LogP contribution in [-0.4, -0.2) is 42.4 Å². The van der Waals surface area contributed by atoms with E-state index >= 15 is 0 Å². The molecule has 2 rings (SSSR count). The zero-order valence-corrected chi connectivity index (χ0v) is 15.3. The number of nitrogens with one attached hydrogen (secondary N) is 2. The van der Waals surface area contributed by atoms with Crippen LogP contribution >= 0.6 is 11.6 Å². The molecule has 0 unspecified atom stereocenters. The Morgan fingerprint density at radius 1 is 1.21 bits per heavy atom. The van der Waals surface area contributed by atoms with E-state index in [4.69, 9.17) is 11.6 Å². The first-order chi connectivity index (χ1) is 11.3. The lowest BCUT2D eigenvalue weighted by Crippen LogP contribution is -2.48. The lowest BCUT2D eigenvalue weighted by atomic mass is 9.94. The van der Waals surface area contributed by atoms with Crippen LogP contribution in [0.1, 0.15) is 33.6 Å². The van der Waals surface area contributed by atoms with Crippen LogP contribution in [0.5, 0.6) is 0 Å². The fourth-order valence-electron chi connectivity index (χ4n) is 2.59. The maximum atomic E-state index is 12.1. The molecule has 1 aromatic carbocycles. The third-order valence-corrected chi connectivity index (χ3v) is 4.45. The van der Waals surface area contributed by atoms with Gasteiger partial charge in [0.05, 0.1) is 17.3 Å². The molecule has 6 heteroatoms. The summed E-state index contributed by atoms with van der Waals surface area (Å²) in [6, 6.07) is 7.40. The van der Waals surface area contributed by atoms with Gasteiger partial charge in [0, 0.05) is 24.5 Å². The Bertz CT molecular complexity index is 590. The number of hydrogen-bond donors (Lipinski definition) is 2. The number of amides is 2. The second-order valence-electron chi connectivity index (χ2n) is 7.30. The summed E-state index contributed by atoms with van der Waals surface area (Å²) in [5, 5.41) is 6.47. The molecule has 5 nitrogen and oxygen atoms in total. The van der Waals surface area contributed by atoms with Crippen molar-refractivity contribution in [3.05, 3.63) is 29.3 Å². The van der Waals surface area contributed by atoms with Gasteiger partial charge in [-0.05, 0) is 25.0 Å². The molecule has 132 valence electrons. The van der Waals surface area contributed by atoms with Crippen LogP contribution in [0.4, 0.5) is 5.69 Å². The smallest absolute Gasteiger partial charge is 0.238 e. The van der Waals surface area contributed by atoms with E-state index in [1.54, 1.807) is 12.1 Å². The predicted octanol–water partition coefficient (Wildman–Crippen LogP) is 2.91. The van der Waals surface area contributed by atoms with Gasteiger partial charge in [-0.25, -0.2) is 0 Å². The van der Waals surface area contributed by atoms with Gasteiger partial charge in [-0.1, -0.05) is 44.5 Å². The second kappa shape index (κ2) is 7.99. The molecule has 0 atom stereocenters. The molecule has 1 aliphatic heterocycles. The largest absolute Gasteiger partial charge is 0.353 e. The minimum atomic E-state index is -0.369. The Hall–Kier alpha value is -1.59. The number of carbonyl (C=O) groups is 2. The van der Waals surface area contributed by atoms with Crippen molar-refractivity contribution in [2.75, 3.05) is 25.0 Å². The van der Waals surface area contributed by atoms with Gasteiger partial charge in [-0.2, -0.15) is 0 Å². The monoisotopic (exact) mass is 351 g/mol. The van der Waals surface area contributed by atoms with Crippen LogP contribution in [0.2, 0.25) is 5.02 Å². The van der Waals surface area contributed by atoms with Crippen molar-refractivity contribution in [1.82, 2.24) is 10.2 Å². The number of nitrogens with zero attached hydrogens (tertiary/aromatic N) is 1. The van der Waals surface area contributed by atoms with Crippen molar-refractivity contribution in [1.29, 1.82) is 0 Å². The summed E-state index contributed by atoms with van der Waals surface area (Å²) in [6.45, 7) is 7.67. The van der Waals surface area contributed by atoms with E-state index in [1.807, 2.05) is 32.9 Å². The van der Waals surface area contributed by atoms with Gasteiger partial charge in [0.25, 0.3) is 0 Å². The summed E-state index contributed by atoms with van der Waals surface area (Å²) < 4.78 is 0. The molecule has 0 radical (unpaired) electrons. The summed E-state index contributed by atoms with van der Waals surface area (Å²) in [7, 11) is 0. The lowest BCUT2D eigenvalue weighted by molar-refractivity contribution is -0.129. The molecule has 0 saturated carbocycles. The Morgan fingerprint density at radius 2 is 1.83 bits per heavy atom. The van der Waals surface area contributed by atoms with Crippen LogP contribution in [0.25, 0.3) is 0 Å². The maximum absolute atomic E-state index is 12.1. The van der Waals surface area contributed by atoms with E-state index < -0.39 is 0 Å². The van der Waals surface area contributed by atoms with Crippen molar-refractivity contribution in [2.24, 2.45) is 5.41 Å². The standard InChI is InChI=1S/C18H26ClN3O2/c1-18(2,3)17(24)20-13-8-10-22(11-9-13)12-16(23)21-15-7-5-4-6-14(15)19/h4-7,13H,8-12H2,1-3H3,(H,20,24)(H,21,23). The van der Waals surface area contributed by atoms with Gasteiger partial charge in [0.2, 0.25) is 11.8 Å². The highest BCUT2D eigenvalue weighted by atomic mass is 35.5. The van der Waals surface area contributed by atoms with Crippen LogP contribution in [0.15, 0.2) is 24.3 Å². The first kappa shape index (κ1) is 18.7. The minimum absolute atomic E-state index is 0.0692. The number of para-hydroxylation sites is 1. The molecule has 2 N–H and O–H groups in total. The normalized spacial score (nSPS) is 16.7.